The highest BCUT2D eigenvalue weighted by molar-refractivity contribution is 7.17. The van der Waals surface area contributed by atoms with Crippen LogP contribution in [0.2, 0.25) is 0 Å². The van der Waals surface area contributed by atoms with Crippen molar-refractivity contribution in [2.45, 2.75) is 20.4 Å². The summed E-state index contributed by atoms with van der Waals surface area (Å²) < 4.78 is 2.39. The van der Waals surface area contributed by atoms with Crippen LogP contribution in [0.3, 0.4) is 0 Å². The van der Waals surface area contributed by atoms with Crippen molar-refractivity contribution >= 4 is 21.6 Å². The van der Waals surface area contributed by atoms with Gasteiger partial charge in [0.1, 0.15) is 4.70 Å². The maximum absolute atomic E-state index is 11.7. The monoisotopic (exact) mass is 194 g/mol. The molecular formula is C9H10N2OS. The van der Waals surface area contributed by atoms with Crippen molar-refractivity contribution in [2.24, 2.45) is 0 Å². The van der Waals surface area contributed by atoms with Crippen molar-refractivity contribution in [1.82, 2.24) is 9.55 Å². The predicted molar refractivity (Wildman–Crippen MR) is 54.3 cm³/mol. The lowest BCUT2D eigenvalue weighted by molar-refractivity contribution is 0.718. The van der Waals surface area contributed by atoms with Gasteiger partial charge in [-0.3, -0.25) is 9.36 Å². The van der Waals surface area contributed by atoms with Crippen LogP contribution in [0.5, 0.6) is 0 Å². The summed E-state index contributed by atoms with van der Waals surface area (Å²) in [6.45, 7) is 4.59. The number of aryl methyl sites for hydroxylation is 2. The zero-order chi connectivity index (χ0) is 9.42. The molecule has 2 aromatic rings. The molecule has 0 amide bonds. The van der Waals surface area contributed by atoms with Crippen LogP contribution < -0.4 is 5.56 Å². The molecule has 2 rings (SSSR count). The number of aromatic nitrogens is 2. The molecule has 0 spiro atoms. The largest absolute Gasteiger partial charge is 0.298 e. The fourth-order valence-electron chi connectivity index (χ4n) is 1.29. The Bertz CT molecular complexity index is 498. The van der Waals surface area contributed by atoms with Gasteiger partial charge in [0.05, 0.1) is 11.8 Å². The molecule has 0 radical (unpaired) electrons. The van der Waals surface area contributed by atoms with Gasteiger partial charge in [0.15, 0.2) is 0 Å². The predicted octanol–water partition coefficient (Wildman–Crippen LogP) is 1.79. The quantitative estimate of drug-likeness (QED) is 0.693. The van der Waals surface area contributed by atoms with Gasteiger partial charge in [0.25, 0.3) is 5.56 Å². The molecule has 0 aliphatic heterocycles. The molecule has 4 heteroatoms. The summed E-state index contributed by atoms with van der Waals surface area (Å²) in [5.41, 5.74) is 2.01. The van der Waals surface area contributed by atoms with Gasteiger partial charge in [-0.2, -0.15) is 0 Å². The van der Waals surface area contributed by atoms with Crippen LogP contribution in [0.1, 0.15) is 12.5 Å². The van der Waals surface area contributed by atoms with E-state index in [2.05, 4.69) is 4.98 Å². The van der Waals surface area contributed by atoms with E-state index in [9.17, 15) is 4.79 Å². The number of rotatable bonds is 1. The Kier molecular flexibility index (Phi) is 1.92. The summed E-state index contributed by atoms with van der Waals surface area (Å²) >= 11 is 1.47. The minimum atomic E-state index is 0.0746. The number of thiophene rings is 1. The zero-order valence-electron chi connectivity index (χ0n) is 7.57. The molecule has 0 N–H and O–H groups in total. The summed E-state index contributed by atoms with van der Waals surface area (Å²) in [6, 6.07) is 0. The summed E-state index contributed by atoms with van der Waals surface area (Å²) in [7, 11) is 0. The first-order chi connectivity index (χ1) is 6.24. The minimum Gasteiger partial charge on any atom is -0.298 e. The first-order valence-corrected chi connectivity index (χ1v) is 5.05. The Hall–Kier alpha value is -1.16. The van der Waals surface area contributed by atoms with Crippen LogP contribution in [-0.4, -0.2) is 9.55 Å². The molecule has 0 atom stereocenters. The molecule has 68 valence electrons. The van der Waals surface area contributed by atoms with E-state index >= 15 is 0 Å². The fraction of sp³-hybridized carbons (Fsp3) is 0.333. The van der Waals surface area contributed by atoms with Gasteiger partial charge in [-0.25, -0.2) is 4.98 Å². The van der Waals surface area contributed by atoms with Crippen LogP contribution in [0, 0.1) is 6.92 Å². The smallest absolute Gasteiger partial charge is 0.271 e. The third kappa shape index (κ3) is 1.18. The molecule has 3 nitrogen and oxygen atoms in total. The number of hydrogen-bond donors (Lipinski definition) is 0. The van der Waals surface area contributed by atoms with E-state index in [1.165, 1.54) is 11.3 Å². The molecule has 0 saturated heterocycles. The first kappa shape index (κ1) is 8.44. The maximum atomic E-state index is 11.7. The van der Waals surface area contributed by atoms with E-state index in [1.807, 2.05) is 19.2 Å². The standard InChI is InChI=1S/C9H10N2OS/c1-3-11-5-10-7-6(2)4-13-8(7)9(11)12/h4-5H,3H2,1-2H3. The fourth-order valence-corrected chi connectivity index (χ4v) is 2.24. The first-order valence-electron chi connectivity index (χ1n) is 4.17. The van der Waals surface area contributed by atoms with Crippen LogP contribution in [-0.2, 0) is 6.54 Å². The highest BCUT2D eigenvalue weighted by Crippen LogP contribution is 2.18. The van der Waals surface area contributed by atoms with E-state index in [4.69, 9.17) is 0 Å². The Morgan fingerprint density at radius 3 is 3.08 bits per heavy atom. The Labute approximate surface area is 79.7 Å². The Balaban J connectivity index is 2.88. The van der Waals surface area contributed by atoms with E-state index in [0.717, 1.165) is 15.8 Å². The van der Waals surface area contributed by atoms with Gasteiger partial charge in [-0.15, -0.1) is 11.3 Å². The third-order valence-electron chi connectivity index (χ3n) is 2.06. The van der Waals surface area contributed by atoms with Gasteiger partial charge in [0.2, 0.25) is 0 Å². The van der Waals surface area contributed by atoms with Crippen molar-refractivity contribution in [3.05, 3.63) is 27.6 Å². The van der Waals surface area contributed by atoms with Gasteiger partial charge >= 0.3 is 0 Å². The molecule has 0 aromatic carbocycles. The molecule has 0 bridgehead atoms. The molecule has 2 aromatic heterocycles. The average molecular weight is 194 g/mol. The van der Waals surface area contributed by atoms with E-state index < -0.39 is 0 Å². The lowest BCUT2D eigenvalue weighted by atomic mass is 10.3. The van der Waals surface area contributed by atoms with Crippen LogP contribution in [0.25, 0.3) is 10.2 Å². The van der Waals surface area contributed by atoms with E-state index in [0.29, 0.717) is 6.54 Å². The Morgan fingerprint density at radius 1 is 1.62 bits per heavy atom. The van der Waals surface area contributed by atoms with Crippen LogP contribution >= 0.6 is 11.3 Å². The molecule has 0 aliphatic carbocycles. The van der Waals surface area contributed by atoms with Crippen LogP contribution in [0.15, 0.2) is 16.5 Å². The second-order valence-electron chi connectivity index (χ2n) is 2.93. The average Bonchev–Trinajstić information content (AvgIpc) is 2.50. The van der Waals surface area contributed by atoms with Crippen LogP contribution in [0.4, 0.5) is 0 Å². The number of fused-ring (bicyclic) bond motifs is 1. The zero-order valence-corrected chi connectivity index (χ0v) is 8.39. The lowest BCUT2D eigenvalue weighted by Crippen LogP contribution is -2.18. The molecular weight excluding hydrogens is 184 g/mol. The van der Waals surface area contributed by atoms with Gasteiger partial charge in [-0.1, -0.05) is 0 Å². The second-order valence-corrected chi connectivity index (χ2v) is 3.81. The van der Waals surface area contributed by atoms with Gasteiger partial charge < -0.3 is 0 Å². The Morgan fingerprint density at radius 2 is 2.38 bits per heavy atom. The maximum Gasteiger partial charge on any atom is 0.271 e. The minimum absolute atomic E-state index is 0.0746. The van der Waals surface area contributed by atoms with Crippen molar-refractivity contribution in [1.29, 1.82) is 0 Å². The molecule has 2 heterocycles. The van der Waals surface area contributed by atoms with Gasteiger partial charge in [-0.05, 0) is 24.8 Å². The number of hydrogen-bond acceptors (Lipinski definition) is 3. The molecule has 13 heavy (non-hydrogen) atoms. The third-order valence-corrected chi connectivity index (χ3v) is 3.14. The highest BCUT2D eigenvalue weighted by Gasteiger charge is 2.06. The summed E-state index contributed by atoms with van der Waals surface area (Å²) in [5.74, 6) is 0. The SMILES string of the molecule is CCn1cnc2c(C)csc2c1=O. The molecule has 0 aliphatic rings. The summed E-state index contributed by atoms with van der Waals surface area (Å²) in [5, 5.41) is 1.97. The number of nitrogens with zero attached hydrogens (tertiary/aromatic N) is 2. The van der Waals surface area contributed by atoms with Crippen molar-refractivity contribution < 1.29 is 0 Å². The van der Waals surface area contributed by atoms with Crippen molar-refractivity contribution in [2.75, 3.05) is 0 Å². The van der Waals surface area contributed by atoms with Gasteiger partial charge in [0, 0.05) is 6.54 Å². The van der Waals surface area contributed by atoms with Crippen molar-refractivity contribution in [3.8, 4) is 0 Å². The normalized spacial score (nSPS) is 10.9. The van der Waals surface area contributed by atoms with Crippen molar-refractivity contribution in [3.63, 3.8) is 0 Å². The highest BCUT2D eigenvalue weighted by atomic mass is 32.1. The van der Waals surface area contributed by atoms with E-state index in [-0.39, 0.29) is 5.56 Å². The molecule has 0 unspecified atom stereocenters. The second kappa shape index (κ2) is 2.96. The molecule has 0 fully saturated rings. The summed E-state index contributed by atoms with van der Waals surface area (Å²) in [4.78, 5) is 16.0. The lowest BCUT2D eigenvalue weighted by Gasteiger charge is -1.99. The van der Waals surface area contributed by atoms with E-state index in [1.54, 1.807) is 10.9 Å². The topological polar surface area (TPSA) is 34.9 Å². The molecule has 0 saturated carbocycles. The summed E-state index contributed by atoms with van der Waals surface area (Å²) in [6.07, 6.45) is 1.62.